The van der Waals surface area contributed by atoms with Crippen LogP contribution in [-0.2, 0) is 30.3 Å². The van der Waals surface area contributed by atoms with Crippen LogP contribution in [0.4, 0.5) is 4.79 Å². The van der Waals surface area contributed by atoms with E-state index in [1.54, 1.807) is 49.4 Å². The van der Waals surface area contributed by atoms with Gasteiger partial charge in [0.05, 0.1) is 7.11 Å². The third kappa shape index (κ3) is 11.9. The Kier molecular flexibility index (Phi) is 13.1. The van der Waals surface area contributed by atoms with Crippen molar-refractivity contribution >= 4 is 24.1 Å². The van der Waals surface area contributed by atoms with Crippen molar-refractivity contribution in [3.63, 3.8) is 0 Å². The molecule has 218 valence electrons. The minimum absolute atomic E-state index is 0.0738. The number of carbonyl (C=O) groups excluding carboxylic acids is 4. The zero-order valence-electron chi connectivity index (χ0n) is 23.9. The molecule has 2 rings (SSSR count). The Hall–Kier alpha value is -3.92. The summed E-state index contributed by atoms with van der Waals surface area (Å²) < 4.78 is 26.3. The lowest BCUT2D eigenvalue weighted by atomic mass is 10.0. The molecule has 0 saturated heterocycles. The fourth-order valence-electron chi connectivity index (χ4n) is 3.58. The summed E-state index contributed by atoms with van der Waals surface area (Å²) in [7, 11) is 1.27. The second kappa shape index (κ2) is 16.2. The van der Waals surface area contributed by atoms with Gasteiger partial charge in [-0.3, -0.25) is 14.4 Å². The third-order valence-electron chi connectivity index (χ3n) is 5.42. The van der Waals surface area contributed by atoms with E-state index in [1.807, 2.05) is 27.7 Å². The lowest BCUT2D eigenvalue weighted by molar-refractivity contribution is -0.143. The average molecular weight is 558 g/mol. The van der Waals surface area contributed by atoms with E-state index < -0.39 is 36.2 Å². The first-order valence-electron chi connectivity index (χ1n) is 13.3. The molecule has 1 N–H and O–H groups in total. The van der Waals surface area contributed by atoms with Crippen molar-refractivity contribution in [1.29, 1.82) is 0 Å². The number of nitrogens with one attached hydrogen (secondary N) is 1. The molecule has 0 aliphatic carbocycles. The second-order valence-electron chi connectivity index (χ2n) is 10.2. The molecule has 0 aliphatic rings. The first kappa shape index (κ1) is 32.3. The average Bonchev–Trinajstić information content (AvgIpc) is 2.87. The van der Waals surface area contributed by atoms with Crippen LogP contribution in [0.2, 0.25) is 0 Å². The van der Waals surface area contributed by atoms with Crippen LogP contribution in [0.3, 0.4) is 0 Å². The largest absolute Gasteiger partial charge is 0.514 e. The Morgan fingerprint density at radius 1 is 0.775 bits per heavy atom. The van der Waals surface area contributed by atoms with E-state index in [2.05, 4.69) is 5.32 Å². The smallest absolute Gasteiger partial charge is 0.468 e. The summed E-state index contributed by atoms with van der Waals surface area (Å²) in [4.78, 5) is 49.3. The number of methoxy groups -OCH3 is 1. The summed E-state index contributed by atoms with van der Waals surface area (Å²) in [5, 5.41) is 3.04. The number of carbonyl (C=O) groups is 4. The van der Waals surface area contributed by atoms with Gasteiger partial charge >= 0.3 is 24.1 Å². The number of esters is 3. The number of hydrogen-bond donors (Lipinski definition) is 1. The van der Waals surface area contributed by atoms with Crippen molar-refractivity contribution in [2.75, 3.05) is 13.7 Å². The van der Waals surface area contributed by atoms with Gasteiger partial charge in [-0.05, 0) is 55.0 Å². The van der Waals surface area contributed by atoms with Crippen LogP contribution in [0.15, 0.2) is 48.5 Å². The Labute approximate surface area is 235 Å². The van der Waals surface area contributed by atoms with E-state index in [0.29, 0.717) is 11.3 Å². The van der Waals surface area contributed by atoms with E-state index in [4.69, 9.17) is 23.7 Å². The molecule has 0 radical (unpaired) electrons. The van der Waals surface area contributed by atoms with E-state index in [0.717, 1.165) is 0 Å². The summed E-state index contributed by atoms with van der Waals surface area (Å²) in [5.74, 6) is -0.727. The topological polar surface area (TPSA) is 126 Å². The van der Waals surface area contributed by atoms with Gasteiger partial charge in [0, 0.05) is 19.4 Å². The molecule has 0 amide bonds. The Bertz CT molecular complexity index is 1130. The number of benzene rings is 2. The maximum absolute atomic E-state index is 12.5. The molecule has 0 aromatic heterocycles. The standard InChI is InChI=1S/C30H39NO9/c1-19(2)14-27(32)39-25-13-12-22(17-26(25)40-28(33)15-20(3)4)16-24(29(34)36-6)31-18-21(5)37-30(35)38-23-10-8-7-9-11-23/h7-13,17,19-21,24,31H,14-16,18H2,1-6H3/t21?,24-/m0/s1. The Balaban J connectivity index is 2.11. The monoisotopic (exact) mass is 557 g/mol. The lowest BCUT2D eigenvalue weighted by Gasteiger charge is -2.20. The van der Waals surface area contributed by atoms with Gasteiger partial charge in [-0.15, -0.1) is 0 Å². The minimum Gasteiger partial charge on any atom is -0.468 e. The van der Waals surface area contributed by atoms with Gasteiger partial charge in [0.2, 0.25) is 0 Å². The van der Waals surface area contributed by atoms with Gasteiger partial charge in [0.25, 0.3) is 0 Å². The summed E-state index contributed by atoms with van der Waals surface area (Å²) in [6.45, 7) is 9.35. The third-order valence-corrected chi connectivity index (χ3v) is 5.42. The molecule has 0 aliphatic heterocycles. The molecule has 10 nitrogen and oxygen atoms in total. The maximum Gasteiger partial charge on any atom is 0.514 e. The van der Waals surface area contributed by atoms with E-state index in [9.17, 15) is 19.2 Å². The Morgan fingerprint density at radius 3 is 1.95 bits per heavy atom. The zero-order chi connectivity index (χ0) is 29.7. The quantitative estimate of drug-likeness (QED) is 0.195. The highest BCUT2D eigenvalue weighted by Gasteiger charge is 2.23. The van der Waals surface area contributed by atoms with Crippen molar-refractivity contribution in [3.8, 4) is 17.2 Å². The molecule has 10 heteroatoms. The van der Waals surface area contributed by atoms with Crippen molar-refractivity contribution < 1.29 is 42.9 Å². The van der Waals surface area contributed by atoms with Gasteiger partial charge in [-0.2, -0.15) is 0 Å². The predicted molar refractivity (Wildman–Crippen MR) is 147 cm³/mol. The first-order valence-corrected chi connectivity index (χ1v) is 13.3. The molecule has 0 fully saturated rings. The van der Waals surface area contributed by atoms with Crippen LogP contribution in [0.25, 0.3) is 0 Å². The fraction of sp³-hybridized carbons (Fsp3) is 0.467. The van der Waals surface area contributed by atoms with E-state index in [-0.39, 0.29) is 49.1 Å². The van der Waals surface area contributed by atoms with Gasteiger partial charge in [-0.1, -0.05) is 52.0 Å². The summed E-state index contributed by atoms with van der Waals surface area (Å²) >= 11 is 0. The van der Waals surface area contributed by atoms with Gasteiger partial charge in [0.15, 0.2) is 11.5 Å². The number of hydrogen-bond acceptors (Lipinski definition) is 10. The lowest BCUT2D eigenvalue weighted by Crippen LogP contribution is -2.43. The second-order valence-corrected chi connectivity index (χ2v) is 10.2. The van der Waals surface area contributed by atoms with Crippen LogP contribution in [0.5, 0.6) is 17.2 Å². The molecule has 2 aromatic rings. The highest BCUT2D eigenvalue weighted by atomic mass is 16.7. The highest BCUT2D eigenvalue weighted by molar-refractivity contribution is 5.77. The van der Waals surface area contributed by atoms with Crippen LogP contribution in [-0.4, -0.2) is 49.9 Å². The minimum atomic E-state index is -0.870. The molecule has 0 heterocycles. The van der Waals surface area contributed by atoms with Crippen LogP contribution in [0.1, 0.15) is 53.0 Å². The molecule has 40 heavy (non-hydrogen) atoms. The molecule has 0 bridgehead atoms. The first-order chi connectivity index (χ1) is 19.0. The number of para-hydroxylation sites is 1. The van der Waals surface area contributed by atoms with Gasteiger partial charge < -0.3 is 29.0 Å². The summed E-state index contributed by atoms with van der Waals surface area (Å²) in [6.07, 6.45) is -0.956. The zero-order valence-corrected chi connectivity index (χ0v) is 23.9. The van der Waals surface area contributed by atoms with E-state index >= 15 is 0 Å². The molecule has 1 unspecified atom stereocenters. The number of ether oxygens (including phenoxy) is 5. The summed E-state index contributed by atoms with van der Waals surface area (Å²) in [6, 6.07) is 12.5. The van der Waals surface area contributed by atoms with Gasteiger partial charge in [0.1, 0.15) is 17.9 Å². The van der Waals surface area contributed by atoms with Gasteiger partial charge in [-0.25, -0.2) is 4.79 Å². The van der Waals surface area contributed by atoms with Crippen molar-refractivity contribution in [2.24, 2.45) is 11.8 Å². The van der Waals surface area contributed by atoms with Crippen LogP contribution >= 0.6 is 0 Å². The molecule has 0 saturated carbocycles. The van der Waals surface area contributed by atoms with Crippen molar-refractivity contribution in [1.82, 2.24) is 5.32 Å². The normalized spacial score (nSPS) is 12.4. The molecule has 0 spiro atoms. The van der Waals surface area contributed by atoms with Crippen molar-refractivity contribution in [2.45, 2.75) is 66.0 Å². The SMILES string of the molecule is COC(=O)[C@H](Cc1ccc(OC(=O)CC(C)C)c(OC(=O)CC(C)C)c1)NCC(C)OC(=O)Oc1ccccc1. The highest BCUT2D eigenvalue weighted by Crippen LogP contribution is 2.30. The fourth-order valence-corrected chi connectivity index (χ4v) is 3.58. The number of rotatable bonds is 14. The molecule has 2 aromatic carbocycles. The maximum atomic E-state index is 12.5. The molecular weight excluding hydrogens is 518 g/mol. The van der Waals surface area contributed by atoms with Crippen LogP contribution < -0.4 is 19.5 Å². The predicted octanol–water partition coefficient (Wildman–Crippen LogP) is 4.87. The van der Waals surface area contributed by atoms with Crippen LogP contribution in [0, 0.1) is 11.8 Å². The Morgan fingerprint density at radius 2 is 1.38 bits per heavy atom. The van der Waals surface area contributed by atoms with E-state index in [1.165, 1.54) is 13.2 Å². The molecule has 2 atom stereocenters. The summed E-state index contributed by atoms with van der Waals surface area (Å²) in [5.41, 5.74) is 0.621. The molecular formula is C30H39NO9. The van der Waals surface area contributed by atoms with Crippen molar-refractivity contribution in [3.05, 3.63) is 54.1 Å².